The SMILES string of the molecule is Nc1cc(C(=O)Oc2ccc(Cl)cc2)ns1. The quantitative estimate of drug-likeness (QED) is 0.661. The van der Waals surface area contributed by atoms with E-state index in [0.717, 1.165) is 11.5 Å². The first-order valence-corrected chi connectivity index (χ1v) is 5.50. The Morgan fingerprint density at radius 2 is 2.06 bits per heavy atom. The summed E-state index contributed by atoms with van der Waals surface area (Å²) < 4.78 is 8.91. The molecule has 2 rings (SSSR count). The molecule has 0 radical (unpaired) electrons. The third-order valence-corrected chi connectivity index (χ3v) is 2.63. The number of hydrogen-bond donors (Lipinski definition) is 1. The number of aromatic nitrogens is 1. The molecule has 0 aliphatic rings. The summed E-state index contributed by atoms with van der Waals surface area (Å²) in [4.78, 5) is 11.5. The lowest BCUT2D eigenvalue weighted by Gasteiger charge is -2.01. The van der Waals surface area contributed by atoms with Crippen molar-refractivity contribution < 1.29 is 9.53 Å². The molecule has 1 aromatic carbocycles. The first-order chi connectivity index (χ1) is 7.65. The Morgan fingerprint density at radius 1 is 1.38 bits per heavy atom. The molecule has 4 nitrogen and oxygen atoms in total. The second-order valence-electron chi connectivity index (χ2n) is 2.96. The monoisotopic (exact) mass is 254 g/mol. The van der Waals surface area contributed by atoms with Crippen LogP contribution in [0.1, 0.15) is 10.5 Å². The number of ether oxygens (including phenoxy) is 1. The van der Waals surface area contributed by atoms with Gasteiger partial charge in [0.2, 0.25) is 0 Å². The van der Waals surface area contributed by atoms with Crippen LogP contribution in [-0.2, 0) is 0 Å². The molecule has 2 aromatic rings. The molecule has 0 fully saturated rings. The van der Waals surface area contributed by atoms with Crippen LogP contribution in [0.2, 0.25) is 5.02 Å². The maximum absolute atomic E-state index is 11.5. The van der Waals surface area contributed by atoms with Crippen LogP contribution in [0, 0.1) is 0 Å². The number of nitrogens with two attached hydrogens (primary N) is 1. The van der Waals surface area contributed by atoms with Gasteiger partial charge in [-0.2, -0.15) is 4.37 Å². The van der Waals surface area contributed by atoms with Crippen LogP contribution in [0.3, 0.4) is 0 Å². The molecule has 1 aromatic heterocycles. The molecule has 0 saturated carbocycles. The molecule has 0 spiro atoms. The molecule has 6 heteroatoms. The number of hydrogen-bond acceptors (Lipinski definition) is 5. The summed E-state index contributed by atoms with van der Waals surface area (Å²) in [5.74, 6) is -0.115. The van der Waals surface area contributed by atoms with Crippen molar-refractivity contribution in [1.82, 2.24) is 4.37 Å². The summed E-state index contributed by atoms with van der Waals surface area (Å²) in [5.41, 5.74) is 5.67. The number of halogens is 1. The minimum Gasteiger partial charge on any atom is -0.422 e. The van der Waals surface area contributed by atoms with Crippen LogP contribution in [0.15, 0.2) is 30.3 Å². The van der Waals surface area contributed by atoms with Gasteiger partial charge in [-0.25, -0.2) is 4.79 Å². The van der Waals surface area contributed by atoms with Gasteiger partial charge < -0.3 is 10.5 Å². The largest absolute Gasteiger partial charge is 0.422 e. The van der Waals surface area contributed by atoms with Gasteiger partial charge in [0.05, 0.1) is 0 Å². The van der Waals surface area contributed by atoms with Crippen LogP contribution < -0.4 is 10.5 Å². The van der Waals surface area contributed by atoms with Crippen LogP contribution in [0.4, 0.5) is 5.00 Å². The molecule has 0 aliphatic carbocycles. The summed E-state index contributed by atoms with van der Waals surface area (Å²) in [6.45, 7) is 0. The number of carbonyl (C=O) groups excluding carboxylic acids is 1. The number of nitrogens with zero attached hydrogens (tertiary/aromatic N) is 1. The van der Waals surface area contributed by atoms with E-state index in [2.05, 4.69) is 4.37 Å². The molecule has 0 saturated heterocycles. The van der Waals surface area contributed by atoms with E-state index in [1.54, 1.807) is 24.3 Å². The van der Waals surface area contributed by atoms with Gasteiger partial charge in [-0.15, -0.1) is 0 Å². The standard InChI is InChI=1S/C10H7ClN2O2S/c11-6-1-3-7(4-2-6)15-10(14)8-5-9(12)16-13-8/h1-5H,12H2. The maximum Gasteiger partial charge on any atom is 0.363 e. The molecule has 0 amide bonds. The van der Waals surface area contributed by atoms with Crippen LogP contribution in [-0.4, -0.2) is 10.3 Å². The highest BCUT2D eigenvalue weighted by atomic mass is 35.5. The second kappa shape index (κ2) is 4.51. The second-order valence-corrected chi connectivity index (χ2v) is 4.23. The molecule has 82 valence electrons. The number of nitrogen functional groups attached to an aromatic ring is 1. The fourth-order valence-corrected chi connectivity index (χ4v) is 1.67. The van der Waals surface area contributed by atoms with Gasteiger partial charge in [0.15, 0.2) is 5.69 Å². The first kappa shape index (κ1) is 10.9. The van der Waals surface area contributed by atoms with E-state index in [1.807, 2.05) is 0 Å². The van der Waals surface area contributed by atoms with Crippen LogP contribution in [0.25, 0.3) is 0 Å². The first-order valence-electron chi connectivity index (χ1n) is 4.35. The Balaban J connectivity index is 2.10. The van der Waals surface area contributed by atoms with Gasteiger partial charge in [0.1, 0.15) is 10.8 Å². The molecule has 1 heterocycles. The fourth-order valence-electron chi connectivity index (χ4n) is 1.05. The third-order valence-electron chi connectivity index (χ3n) is 1.76. The summed E-state index contributed by atoms with van der Waals surface area (Å²) in [6.07, 6.45) is 0. The van der Waals surface area contributed by atoms with Crippen molar-refractivity contribution >= 4 is 34.1 Å². The zero-order chi connectivity index (χ0) is 11.5. The molecule has 0 atom stereocenters. The topological polar surface area (TPSA) is 65.2 Å². The predicted octanol–water partition coefficient (Wildman–Crippen LogP) is 2.60. The molecular weight excluding hydrogens is 248 g/mol. The van der Waals surface area contributed by atoms with E-state index in [-0.39, 0.29) is 5.69 Å². The Morgan fingerprint density at radius 3 is 2.62 bits per heavy atom. The summed E-state index contributed by atoms with van der Waals surface area (Å²) in [7, 11) is 0. The van der Waals surface area contributed by atoms with Gasteiger partial charge >= 0.3 is 5.97 Å². The molecule has 2 N–H and O–H groups in total. The number of carbonyl (C=O) groups is 1. The Labute approximate surface area is 101 Å². The number of anilines is 1. The average molecular weight is 255 g/mol. The zero-order valence-corrected chi connectivity index (χ0v) is 9.59. The van der Waals surface area contributed by atoms with Crippen LogP contribution in [0.5, 0.6) is 5.75 Å². The highest BCUT2D eigenvalue weighted by Crippen LogP contribution is 2.18. The number of esters is 1. The molecule has 0 aliphatic heterocycles. The van der Waals surface area contributed by atoms with E-state index in [9.17, 15) is 4.79 Å². The lowest BCUT2D eigenvalue weighted by Crippen LogP contribution is -2.08. The summed E-state index contributed by atoms with van der Waals surface area (Å²) in [6, 6.07) is 7.97. The molecular formula is C10H7ClN2O2S. The van der Waals surface area contributed by atoms with E-state index in [0.29, 0.717) is 15.8 Å². The molecule has 0 unspecified atom stereocenters. The van der Waals surface area contributed by atoms with Crippen molar-refractivity contribution in [2.75, 3.05) is 5.73 Å². The summed E-state index contributed by atoms with van der Waals surface area (Å²) in [5, 5.41) is 1.06. The normalized spacial score (nSPS) is 10.1. The minimum absolute atomic E-state index is 0.206. The van der Waals surface area contributed by atoms with E-state index in [4.69, 9.17) is 22.1 Å². The minimum atomic E-state index is -0.532. The predicted molar refractivity (Wildman–Crippen MR) is 62.9 cm³/mol. The van der Waals surface area contributed by atoms with Crippen molar-refractivity contribution in [1.29, 1.82) is 0 Å². The number of rotatable bonds is 2. The molecule has 16 heavy (non-hydrogen) atoms. The van der Waals surface area contributed by atoms with E-state index < -0.39 is 5.97 Å². The van der Waals surface area contributed by atoms with Crippen molar-refractivity contribution in [2.24, 2.45) is 0 Å². The number of benzene rings is 1. The lowest BCUT2D eigenvalue weighted by molar-refractivity contribution is 0.0730. The maximum atomic E-state index is 11.5. The van der Waals surface area contributed by atoms with E-state index >= 15 is 0 Å². The van der Waals surface area contributed by atoms with Gasteiger partial charge in [-0.1, -0.05) is 11.6 Å². The highest BCUT2D eigenvalue weighted by Gasteiger charge is 2.12. The van der Waals surface area contributed by atoms with Gasteiger partial charge in [-0.05, 0) is 35.8 Å². The fraction of sp³-hybridized carbons (Fsp3) is 0. The highest BCUT2D eigenvalue weighted by molar-refractivity contribution is 7.10. The molecule has 0 bridgehead atoms. The average Bonchev–Trinajstić information content (AvgIpc) is 2.68. The Kier molecular flexibility index (Phi) is 3.07. The van der Waals surface area contributed by atoms with Crippen molar-refractivity contribution in [3.63, 3.8) is 0 Å². The lowest BCUT2D eigenvalue weighted by atomic mass is 10.3. The third kappa shape index (κ3) is 2.50. The van der Waals surface area contributed by atoms with Gasteiger partial charge in [0, 0.05) is 11.1 Å². The Hall–Kier alpha value is -1.59. The van der Waals surface area contributed by atoms with E-state index in [1.165, 1.54) is 6.07 Å². The smallest absolute Gasteiger partial charge is 0.363 e. The van der Waals surface area contributed by atoms with Gasteiger partial charge in [-0.3, -0.25) is 0 Å². The van der Waals surface area contributed by atoms with Crippen molar-refractivity contribution in [3.8, 4) is 5.75 Å². The summed E-state index contributed by atoms with van der Waals surface area (Å²) >= 11 is 6.75. The van der Waals surface area contributed by atoms with Gasteiger partial charge in [0.25, 0.3) is 0 Å². The van der Waals surface area contributed by atoms with Crippen molar-refractivity contribution in [3.05, 3.63) is 41.0 Å². The van der Waals surface area contributed by atoms with Crippen molar-refractivity contribution in [2.45, 2.75) is 0 Å². The Bertz CT molecular complexity index is 510. The van der Waals surface area contributed by atoms with Crippen LogP contribution >= 0.6 is 23.1 Å². The zero-order valence-electron chi connectivity index (χ0n) is 8.01.